The summed E-state index contributed by atoms with van der Waals surface area (Å²) in [4.78, 5) is 20.0. The van der Waals surface area contributed by atoms with E-state index in [0.717, 1.165) is 41.8 Å². The molecule has 1 aliphatic rings. The quantitative estimate of drug-likeness (QED) is 0.555. The van der Waals surface area contributed by atoms with E-state index in [-0.39, 0.29) is 11.1 Å². The molecule has 0 radical (unpaired) electrons. The minimum Gasteiger partial charge on any atom is -0.298 e. The van der Waals surface area contributed by atoms with Crippen LogP contribution < -0.4 is 5.69 Å². The minimum absolute atomic E-state index is 0.0171. The van der Waals surface area contributed by atoms with Crippen molar-refractivity contribution in [2.24, 2.45) is 12.5 Å². The first-order valence-electron chi connectivity index (χ1n) is 11.8. The van der Waals surface area contributed by atoms with Crippen LogP contribution >= 0.6 is 0 Å². The van der Waals surface area contributed by atoms with E-state index >= 15 is 0 Å². The highest BCUT2D eigenvalue weighted by Crippen LogP contribution is 2.24. The van der Waals surface area contributed by atoms with Crippen LogP contribution in [-0.2, 0) is 30.2 Å². The van der Waals surface area contributed by atoms with Gasteiger partial charge in [0.25, 0.3) is 0 Å². The standard InChI is InChI=1S/C25H35N5O3S/c1-25(2,3)18-30-22-11-10-21(26-23(22)27(4)24(30)31)20-9-6-8-19(16-20)17-28-12-7-13-29(15-14-28)34(5,32)33/h6,8-11,16H,7,12-15,17-18H2,1-5H3. The number of benzene rings is 1. The second-order valence-corrected chi connectivity index (χ2v) is 12.5. The summed E-state index contributed by atoms with van der Waals surface area (Å²) in [7, 11) is -1.38. The molecule has 2 aromatic heterocycles. The molecule has 4 rings (SSSR count). The molecule has 9 heteroatoms. The lowest BCUT2D eigenvalue weighted by molar-refractivity contribution is 0.279. The van der Waals surface area contributed by atoms with Gasteiger partial charge in [-0.05, 0) is 42.1 Å². The van der Waals surface area contributed by atoms with Crippen molar-refractivity contribution in [3.8, 4) is 11.3 Å². The molecule has 3 heterocycles. The van der Waals surface area contributed by atoms with Crippen LogP contribution in [-0.4, -0.2) is 64.2 Å². The number of rotatable bonds is 5. The fourth-order valence-corrected chi connectivity index (χ4v) is 5.46. The average molecular weight is 486 g/mol. The van der Waals surface area contributed by atoms with Gasteiger partial charge in [-0.1, -0.05) is 39.0 Å². The lowest BCUT2D eigenvalue weighted by Gasteiger charge is -2.21. The van der Waals surface area contributed by atoms with Crippen LogP contribution in [0.15, 0.2) is 41.2 Å². The number of imidazole rings is 1. The summed E-state index contributed by atoms with van der Waals surface area (Å²) in [5.74, 6) is 0. The molecule has 184 valence electrons. The number of aromatic nitrogens is 3. The van der Waals surface area contributed by atoms with Crippen LogP contribution in [0, 0.1) is 5.41 Å². The van der Waals surface area contributed by atoms with Gasteiger partial charge in [-0.15, -0.1) is 0 Å². The van der Waals surface area contributed by atoms with Crippen molar-refractivity contribution in [1.29, 1.82) is 0 Å². The maximum absolute atomic E-state index is 12.8. The molecule has 0 aliphatic carbocycles. The van der Waals surface area contributed by atoms with Gasteiger partial charge in [0.1, 0.15) is 0 Å². The molecule has 0 saturated carbocycles. The van der Waals surface area contributed by atoms with E-state index in [1.807, 2.05) is 28.8 Å². The molecular formula is C25H35N5O3S. The molecule has 0 unspecified atom stereocenters. The van der Waals surface area contributed by atoms with Crippen LogP contribution in [0.25, 0.3) is 22.4 Å². The van der Waals surface area contributed by atoms with E-state index in [9.17, 15) is 13.2 Å². The van der Waals surface area contributed by atoms with Crippen LogP contribution in [0.1, 0.15) is 32.8 Å². The predicted molar refractivity (Wildman–Crippen MR) is 136 cm³/mol. The van der Waals surface area contributed by atoms with E-state index in [0.29, 0.717) is 31.8 Å². The third kappa shape index (κ3) is 5.42. The Kier molecular flexibility index (Phi) is 6.72. The van der Waals surface area contributed by atoms with Gasteiger partial charge in [0.05, 0.1) is 17.5 Å². The third-order valence-corrected chi connectivity index (χ3v) is 7.56. The fourth-order valence-electron chi connectivity index (χ4n) is 4.59. The summed E-state index contributed by atoms with van der Waals surface area (Å²) in [6, 6.07) is 12.3. The highest BCUT2D eigenvalue weighted by molar-refractivity contribution is 7.88. The van der Waals surface area contributed by atoms with E-state index in [2.05, 4.69) is 37.8 Å². The number of nitrogens with zero attached hydrogens (tertiary/aromatic N) is 5. The number of pyridine rings is 1. The van der Waals surface area contributed by atoms with Crippen molar-refractivity contribution < 1.29 is 8.42 Å². The van der Waals surface area contributed by atoms with Crippen LogP contribution in [0.4, 0.5) is 0 Å². The topological polar surface area (TPSA) is 80.4 Å². The Bertz CT molecular complexity index is 1350. The van der Waals surface area contributed by atoms with Gasteiger partial charge in [-0.3, -0.25) is 14.0 Å². The molecule has 8 nitrogen and oxygen atoms in total. The maximum atomic E-state index is 12.8. The molecule has 0 amide bonds. The molecule has 1 aromatic carbocycles. The first kappa shape index (κ1) is 24.6. The number of fused-ring (bicyclic) bond motifs is 1. The van der Waals surface area contributed by atoms with Gasteiger partial charge < -0.3 is 0 Å². The normalized spacial score (nSPS) is 16.7. The molecule has 0 spiro atoms. The SMILES string of the molecule is Cn1c(=O)n(CC(C)(C)C)c2ccc(-c3cccc(CN4CCCN(S(C)(=O)=O)CC4)c3)nc21. The summed E-state index contributed by atoms with van der Waals surface area (Å²) in [6.45, 7) is 10.4. The van der Waals surface area contributed by atoms with E-state index < -0.39 is 10.0 Å². The Labute approximate surface area is 201 Å². The Morgan fingerprint density at radius 1 is 1.03 bits per heavy atom. The zero-order chi connectivity index (χ0) is 24.7. The summed E-state index contributed by atoms with van der Waals surface area (Å²) >= 11 is 0. The first-order valence-corrected chi connectivity index (χ1v) is 13.6. The molecule has 0 N–H and O–H groups in total. The monoisotopic (exact) mass is 485 g/mol. The molecule has 0 bridgehead atoms. The third-order valence-electron chi connectivity index (χ3n) is 6.26. The number of hydrogen-bond acceptors (Lipinski definition) is 5. The summed E-state index contributed by atoms with van der Waals surface area (Å²) in [5.41, 5.74) is 4.46. The van der Waals surface area contributed by atoms with Crippen molar-refractivity contribution in [2.75, 3.05) is 32.4 Å². The summed E-state index contributed by atoms with van der Waals surface area (Å²) in [5, 5.41) is 0. The molecule has 3 aromatic rings. The smallest absolute Gasteiger partial charge is 0.298 e. The second-order valence-electron chi connectivity index (χ2n) is 10.5. The lowest BCUT2D eigenvalue weighted by atomic mass is 9.97. The zero-order valence-electron chi connectivity index (χ0n) is 20.8. The first-order chi connectivity index (χ1) is 15.9. The van der Waals surface area contributed by atoms with E-state index in [1.165, 1.54) is 6.26 Å². The Morgan fingerprint density at radius 3 is 2.50 bits per heavy atom. The van der Waals surface area contributed by atoms with Crippen molar-refractivity contribution in [2.45, 2.75) is 40.3 Å². The highest BCUT2D eigenvalue weighted by atomic mass is 32.2. The molecule has 1 aliphatic heterocycles. The Balaban J connectivity index is 1.57. The minimum atomic E-state index is -3.15. The molecule has 34 heavy (non-hydrogen) atoms. The van der Waals surface area contributed by atoms with Crippen LogP contribution in [0.3, 0.4) is 0 Å². The van der Waals surface area contributed by atoms with Crippen LogP contribution in [0.2, 0.25) is 0 Å². The van der Waals surface area contributed by atoms with Gasteiger partial charge in [0.2, 0.25) is 10.0 Å². The average Bonchev–Trinajstić information content (AvgIpc) is 2.92. The number of hydrogen-bond donors (Lipinski definition) is 0. The van der Waals surface area contributed by atoms with Crippen molar-refractivity contribution in [1.82, 2.24) is 23.3 Å². The Morgan fingerprint density at radius 2 is 1.79 bits per heavy atom. The Hall–Kier alpha value is -2.49. The zero-order valence-corrected chi connectivity index (χ0v) is 21.6. The maximum Gasteiger partial charge on any atom is 0.330 e. The molecule has 1 fully saturated rings. The molecule has 1 saturated heterocycles. The van der Waals surface area contributed by atoms with Crippen molar-refractivity contribution >= 4 is 21.2 Å². The fraction of sp³-hybridized carbons (Fsp3) is 0.520. The number of sulfonamides is 1. The largest absolute Gasteiger partial charge is 0.330 e. The van der Waals surface area contributed by atoms with Crippen molar-refractivity contribution in [3.63, 3.8) is 0 Å². The van der Waals surface area contributed by atoms with Crippen molar-refractivity contribution in [3.05, 3.63) is 52.4 Å². The number of aryl methyl sites for hydroxylation is 1. The van der Waals surface area contributed by atoms with E-state index in [1.54, 1.807) is 15.9 Å². The van der Waals surface area contributed by atoms with Gasteiger partial charge in [-0.25, -0.2) is 22.5 Å². The van der Waals surface area contributed by atoms with E-state index in [4.69, 9.17) is 4.98 Å². The summed E-state index contributed by atoms with van der Waals surface area (Å²) in [6.07, 6.45) is 2.10. The van der Waals surface area contributed by atoms with Gasteiger partial charge >= 0.3 is 5.69 Å². The lowest BCUT2D eigenvalue weighted by Crippen LogP contribution is -2.34. The predicted octanol–water partition coefficient (Wildman–Crippen LogP) is 2.92. The van der Waals surface area contributed by atoms with Crippen LogP contribution in [0.5, 0.6) is 0 Å². The molecule has 0 atom stereocenters. The molecular weight excluding hydrogens is 450 g/mol. The highest BCUT2D eigenvalue weighted by Gasteiger charge is 2.22. The van der Waals surface area contributed by atoms with Gasteiger partial charge in [0, 0.05) is 45.3 Å². The second kappa shape index (κ2) is 9.28. The van der Waals surface area contributed by atoms with Gasteiger partial charge in [-0.2, -0.15) is 0 Å². The summed E-state index contributed by atoms with van der Waals surface area (Å²) < 4.78 is 28.8. The van der Waals surface area contributed by atoms with Gasteiger partial charge in [0.15, 0.2) is 5.65 Å².